The first kappa shape index (κ1) is 16.5. The molecule has 0 saturated carbocycles. The molecule has 1 amide bonds. The molecular weight excluding hydrogens is 330 g/mol. The van der Waals surface area contributed by atoms with Crippen LogP contribution in [0, 0.1) is 6.92 Å². The molecule has 0 saturated heterocycles. The number of hydrogen-bond donors (Lipinski definition) is 3. The number of aromatic nitrogens is 3. The number of carbonyl (C=O) groups excluding carboxylic acids is 1. The fraction of sp³-hybridized carbons (Fsp3) is 0.316. The lowest BCUT2D eigenvalue weighted by atomic mass is 10.1. The number of imidazole rings is 1. The number of benzene rings is 1. The van der Waals surface area contributed by atoms with Gasteiger partial charge in [-0.2, -0.15) is 0 Å². The van der Waals surface area contributed by atoms with Crippen LogP contribution in [0.5, 0.6) is 5.75 Å². The van der Waals surface area contributed by atoms with Gasteiger partial charge in [0.15, 0.2) is 0 Å². The zero-order valence-electron chi connectivity index (χ0n) is 14.6. The third-order valence-corrected chi connectivity index (χ3v) is 4.49. The van der Waals surface area contributed by atoms with Crippen molar-refractivity contribution in [3.8, 4) is 5.75 Å². The van der Waals surface area contributed by atoms with Crippen molar-refractivity contribution in [1.29, 1.82) is 0 Å². The molecule has 134 valence electrons. The number of H-pyrrole nitrogens is 1. The molecule has 1 aliphatic rings. The Labute approximate surface area is 151 Å². The van der Waals surface area contributed by atoms with Gasteiger partial charge in [0.25, 0.3) is 0 Å². The van der Waals surface area contributed by atoms with Crippen LogP contribution in [0.25, 0.3) is 10.9 Å². The van der Waals surface area contributed by atoms with Crippen LogP contribution in [0.15, 0.2) is 36.7 Å². The number of nitrogens with one attached hydrogen (secondary N) is 3. The Morgan fingerprint density at radius 2 is 2.27 bits per heavy atom. The summed E-state index contributed by atoms with van der Waals surface area (Å²) in [6.45, 7) is 3.50. The lowest BCUT2D eigenvalue weighted by molar-refractivity contribution is -0.123. The molecule has 1 aliphatic heterocycles. The normalized spacial score (nSPS) is 16.3. The van der Waals surface area contributed by atoms with Crippen LogP contribution < -0.4 is 15.4 Å². The number of ether oxygens (including phenoxy) is 1. The number of hydrogen-bond acceptors (Lipinski definition) is 5. The van der Waals surface area contributed by atoms with E-state index >= 15 is 0 Å². The second kappa shape index (κ2) is 7.13. The molecule has 1 unspecified atom stereocenters. The summed E-state index contributed by atoms with van der Waals surface area (Å²) in [4.78, 5) is 24.3. The highest BCUT2D eigenvalue weighted by molar-refractivity contribution is 5.84. The van der Waals surface area contributed by atoms with E-state index in [1.165, 1.54) is 0 Å². The molecule has 4 rings (SSSR count). The number of pyridine rings is 1. The van der Waals surface area contributed by atoms with Crippen molar-refractivity contribution in [2.45, 2.75) is 19.4 Å². The Morgan fingerprint density at radius 3 is 3.19 bits per heavy atom. The minimum atomic E-state index is -0.410. The van der Waals surface area contributed by atoms with Gasteiger partial charge in [-0.05, 0) is 19.1 Å². The number of carbonyl (C=O) groups is 1. The number of fused-ring (bicyclic) bond motifs is 2. The first-order valence-corrected chi connectivity index (χ1v) is 8.75. The largest absolute Gasteiger partial charge is 0.489 e. The van der Waals surface area contributed by atoms with Gasteiger partial charge in [-0.1, -0.05) is 18.2 Å². The number of para-hydroxylation sites is 1. The molecule has 0 aliphatic carbocycles. The van der Waals surface area contributed by atoms with Crippen molar-refractivity contribution in [3.05, 3.63) is 53.7 Å². The first-order chi connectivity index (χ1) is 12.7. The quantitative estimate of drug-likeness (QED) is 0.608. The number of amides is 1. The van der Waals surface area contributed by atoms with Crippen LogP contribution in [-0.2, 0) is 11.2 Å². The Balaban J connectivity index is 1.35. The van der Waals surface area contributed by atoms with E-state index in [4.69, 9.17) is 4.74 Å². The second-order valence-electron chi connectivity index (χ2n) is 6.32. The summed E-state index contributed by atoms with van der Waals surface area (Å²) < 4.78 is 5.85. The van der Waals surface area contributed by atoms with Crippen LogP contribution >= 0.6 is 0 Å². The number of aryl methyl sites for hydroxylation is 1. The fourth-order valence-corrected chi connectivity index (χ4v) is 3.21. The predicted molar refractivity (Wildman–Crippen MR) is 98.0 cm³/mol. The van der Waals surface area contributed by atoms with E-state index < -0.39 is 6.04 Å². The average molecular weight is 351 g/mol. The van der Waals surface area contributed by atoms with Crippen LogP contribution in [0.1, 0.15) is 23.1 Å². The van der Waals surface area contributed by atoms with Crippen LogP contribution in [0.4, 0.5) is 0 Å². The molecule has 7 nitrogen and oxygen atoms in total. The summed E-state index contributed by atoms with van der Waals surface area (Å²) in [5, 5.41) is 7.15. The maximum Gasteiger partial charge on any atom is 0.243 e. The van der Waals surface area contributed by atoms with Gasteiger partial charge in [0.05, 0.1) is 18.6 Å². The van der Waals surface area contributed by atoms with Crippen LogP contribution in [-0.4, -0.2) is 40.6 Å². The Kier molecular flexibility index (Phi) is 4.53. The minimum absolute atomic E-state index is 0.0893. The topological polar surface area (TPSA) is 91.9 Å². The molecule has 2 aromatic heterocycles. The lowest BCUT2D eigenvalue weighted by Crippen LogP contribution is -2.42. The number of nitrogens with zero attached hydrogens (tertiary/aromatic N) is 2. The molecule has 3 heterocycles. The summed E-state index contributed by atoms with van der Waals surface area (Å²) in [6.07, 6.45) is 2.49. The molecule has 0 radical (unpaired) electrons. The van der Waals surface area contributed by atoms with Crippen LogP contribution in [0.2, 0.25) is 0 Å². The highest BCUT2D eigenvalue weighted by atomic mass is 16.5. The maximum atomic E-state index is 12.4. The SMILES string of the molecule is Cc1ccc2cccc(OCCNC(=O)C3NCCc4[nH]cnc43)c2n1. The Bertz CT molecular complexity index is 937. The van der Waals surface area contributed by atoms with E-state index in [2.05, 4.69) is 25.6 Å². The number of aromatic amines is 1. The van der Waals surface area contributed by atoms with Gasteiger partial charge in [-0.15, -0.1) is 0 Å². The lowest BCUT2D eigenvalue weighted by Gasteiger charge is -2.22. The molecule has 26 heavy (non-hydrogen) atoms. The Hall–Kier alpha value is -2.93. The van der Waals surface area contributed by atoms with E-state index in [1.54, 1.807) is 6.33 Å². The van der Waals surface area contributed by atoms with Crippen molar-refractivity contribution < 1.29 is 9.53 Å². The van der Waals surface area contributed by atoms with Crippen molar-refractivity contribution in [2.75, 3.05) is 19.7 Å². The molecule has 3 N–H and O–H groups in total. The second-order valence-corrected chi connectivity index (χ2v) is 6.32. The van der Waals surface area contributed by atoms with Gasteiger partial charge in [0, 0.05) is 29.7 Å². The summed E-state index contributed by atoms with van der Waals surface area (Å²) in [5.74, 6) is 0.638. The average Bonchev–Trinajstić information content (AvgIpc) is 3.14. The third kappa shape index (κ3) is 3.25. The fourth-order valence-electron chi connectivity index (χ4n) is 3.21. The van der Waals surface area contributed by atoms with Gasteiger partial charge in [-0.3, -0.25) is 4.79 Å². The van der Waals surface area contributed by atoms with Crippen molar-refractivity contribution in [3.63, 3.8) is 0 Å². The van der Waals surface area contributed by atoms with Crippen LogP contribution in [0.3, 0.4) is 0 Å². The van der Waals surface area contributed by atoms with Gasteiger partial charge in [0.1, 0.15) is 23.9 Å². The molecule has 7 heteroatoms. The summed E-state index contributed by atoms with van der Waals surface area (Å²) in [7, 11) is 0. The highest BCUT2D eigenvalue weighted by Crippen LogP contribution is 2.24. The van der Waals surface area contributed by atoms with E-state index in [0.717, 1.165) is 46.7 Å². The molecular formula is C19H21N5O2. The molecule has 0 bridgehead atoms. The van der Waals surface area contributed by atoms with E-state index in [-0.39, 0.29) is 5.91 Å². The predicted octanol–water partition coefficient (Wildman–Crippen LogP) is 1.65. The van der Waals surface area contributed by atoms with Crippen molar-refractivity contribution in [2.24, 2.45) is 0 Å². The monoisotopic (exact) mass is 351 g/mol. The van der Waals surface area contributed by atoms with Gasteiger partial charge < -0.3 is 20.4 Å². The summed E-state index contributed by atoms with van der Waals surface area (Å²) in [5.41, 5.74) is 3.59. The minimum Gasteiger partial charge on any atom is -0.489 e. The molecule has 3 aromatic rings. The smallest absolute Gasteiger partial charge is 0.243 e. The summed E-state index contributed by atoms with van der Waals surface area (Å²) in [6, 6.07) is 9.45. The van der Waals surface area contributed by atoms with Crippen molar-refractivity contribution in [1.82, 2.24) is 25.6 Å². The standard InChI is InChI=1S/C19H21N5O2/c1-12-5-6-13-3-2-4-15(16(13)24-12)26-10-9-21-19(25)18-17-14(7-8-20-18)22-11-23-17/h2-6,11,18,20H,7-10H2,1H3,(H,21,25)(H,22,23). The number of rotatable bonds is 5. The molecule has 1 aromatic carbocycles. The van der Waals surface area contributed by atoms with E-state index in [1.807, 2.05) is 37.3 Å². The van der Waals surface area contributed by atoms with Gasteiger partial charge >= 0.3 is 0 Å². The third-order valence-electron chi connectivity index (χ3n) is 4.49. The summed E-state index contributed by atoms with van der Waals surface area (Å²) >= 11 is 0. The highest BCUT2D eigenvalue weighted by Gasteiger charge is 2.27. The molecule has 1 atom stereocenters. The first-order valence-electron chi connectivity index (χ1n) is 8.75. The van der Waals surface area contributed by atoms with Gasteiger partial charge in [0.2, 0.25) is 5.91 Å². The van der Waals surface area contributed by atoms with Crippen molar-refractivity contribution >= 4 is 16.8 Å². The molecule has 0 spiro atoms. The zero-order valence-corrected chi connectivity index (χ0v) is 14.6. The van der Waals surface area contributed by atoms with Gasteiger partial charge in [-0.25, -0.2) is 9.97 Å². The maximum absolute atomic E-state index is 12.4. The van der Waals surface area contributed by atoms with E-state index in [0.29, 0.717) is 13.2 Å². The zero-order chi connectivity index (χ0) is 17.9. The van der Waals surface area contributed by atoms with E-state index in [9.17, 15) is 4.79 Å². The Morgan fingerprint density at radius 1 is 1.35 bits per heavy atom. The molecule has 0 fully saturated rings.